The van der Waals surface area contributed by atoms with Crippen LogP contribution in [0.5, 0.6) is 0 Å². The Morgan fingerprint density at radius 3 is 2.91 bits per heavy atom. The molecule has 1 unspecified atom stereocenters. The Balaban J connectivity index is 3.35. The zero-order valence-electron chi connectivity index (χ0n) is 5.50. The lowest BCUT2D eigenvalue weighted by atomic mass is 10.4. The highest BCUT2D eigenvalue weighted by Gasteiger charge is 2.04. The summed E-state index contributed by atoms with van der Waals surface area (Å²) < 4.78 is 0.394. The van der Waals surface area contributed by atoms with Crippen LogP contribution in [0, 0.1) is 4.64 Å². The molecule has 1 atom stereocenters. The van der Waals surface area contributed by atoms with Gasteiger partial charge in [-0.25, -0.2) is 4.98 Å². The zero-order valence-corrected chi connectivity index (χ0v) is 7.47. The van der Waals surface area contributed by atoms with E-state index in [2.05, 4.69) is 9.97 Å². The second-order valence-corrected chi connectivity index (χ2v) is 2.84. The van der Waals surface area contributed by atoms with Crippen LogP contribution in [0.3, 0.4) is 0 Å². The largest absolute Gasteiger partial charge is 0.382 e. The van der Waals surface area contributed by atoms with E-state index in [1.54, 1.807) is 0 Å². The number of nitrogens with one attached hydrogen (secondary N) is 1. The Morgan fingerprint density at radius 2 is 2.45 bits per heavy atom. The quantitative estimate of drug-likeness (QED) is 0.502. The molecule has 0 saturated heterocycles. The minimum Gasteiger partial charge on any atom is -0.382 e. The summed E-state index contributed by atoms with van der Waals surface area (Å²) in [6.07, 6.45) is 1.39. The number of H-pyrrole nitrogens is 1. The number of hydrogen-bond donors (Lipinski definition) is 2. The fourth-order valence-electron chi connectivity index (χ4n) is 0.600. The molecule has 0 amide bonds. The maximum atomic E-state index is 10.8. The second-order valence-electron chi connectivity index (χ2n) is 1.87. The van der Waals surface area contributed by atoms with Gasteiger partial charge in [-0.3, -0.25) is 4.79 Å². The lowest BCUT2D eigenvalue weighted by Gasteiger charge is -1.97. The summed E-state index contributed by atoms with van der Waals surface area (Å²) in [4.78, 5) is 17.1. The summed E-state index contributed by atoms with van der Waals surface area (Å²) in [6, 6.07) is 0. The average molecular weight is 187 g/mol. The number of aromatic amines is 1. The third kappa shape index (κ3) is 1.82. The van der Waals surface area contributed by atoms with Crippen LogP contribution in [-0.4, -0.2) is 15.5 Å². The van der Waals surface area contributed by atoms with Crippen LogP contribution in [0.4, 0.5) is 5.82 Å². The van der Waals surface area contributed by atoms with Crippen molar-refractivity contribution in [3.05, 3.63) is 16.5 Å². The summed E-state index contributed by atoms with van der Waals surface area (Å²) in [5.74, 6) is 0.165. The van der Waals surface area contributed by atoms with Crippen molar-refractivity contribution < 1.29 is 4.79 Å². The van der Waals surface area contributed by atoms with Crippen LogP contribution in [0.2, 0.25) is 0 Å². The van der Waals surface area contributed by atoms with E-state index in [1.807, 2.05) is 9.24 Å². The first-order chi connectivity index (χ1) is 5.11. The standard InChI is InChI=1S/C5H6N3OPS/c6-4-3(5(9)10)8-2(11)1-7-4/h1H,10H2,(H2,6,7)(H,8,11). The van der Waals surface area contributed by atoms with Crippen molar-refractivity contribution in [3.8, 4) is 0 Å². The van der Waals surface area contributed by atoms with Gasteiger partial charge in [-0.2, -0.15) is 0 Å². The van der Waals surface area contributed by atoms with E-state index in [9.17, 15) is 4.79 Å². The lowest BCUT2D eigenvalue weighted by molar-refractivity contribution is 0.108. The molecule has 11 heavy (non-hydrogen) atoms. The van der Waals surface area contributed by atoms with Gasteiger partial charge in [-0.1, -0.05) is 21.5 Å². The SMILES string of the molecule is Nc1ncc(=S)[nH]c1C(=O)P. The third-order valence-corrected chi connectivity index (χ3v) is 1.57. The summed E-state index contributed by atoms with van der Waals surface area (Å²) in [5, 5.41) is 0. The van der Waals surface area contributed by atoms with E-state index in [0.717, 1.165) is 0 Å². The highest BCUT2D eigenvalue weighted by molar-refractivity contribution is 7.71. The van der Waals surface area contributed by atoms with E-state index in [0.29, 0.717) is 4.64 Å². The highest BCUT2D eigenvalue weighted by Crippen LogP contribution is 2.08. The van der Waals surface area contributed by atoms with Crippen molar-refractivity contribution in [2.75, 3.05) is 5.73 Å². The molecule has 0 aliphatic heterocycles. The Labute approximate surface area is 70.4 Å². The Hall–Kier alpha value is -0.800. The average Bonchev–Trinajstić information content (AvgIpc) is 1.94. The molecule has 0 aliphatic rings. The lowest BCUT2D eigenvalue weighted by Crippen LogP contribution is -2.03. The number of hydrogen-bond acceptors (Lipinski definition) is 4. The first-order valence-corrected chi connectivity index (χ1v) is 3.74. The molecule has 1 aromatic heterocycles. The monoisotopic (exact) mass is 187 g/mol. The van der Waals surface area contributed by atoms with Gasteiger partial charge >= 0.3 is 0 Å². The van der Waals surface area contributed by atoms with Gasteiger partial charge in [0.2, 0.25) is 0 Å². The molecule has 4 nitrogen and oxygen atoms in total. The Kier molecular flexibility index (Phi) is 2.31. The molecule has 0 radical (unpaired) electrons. The number of rotatable bonds is 1. The second kappa shape index (κ2) is 3.07. The smallest absolute Gasteiger partial charge is 0.197 e. The highest BCUT2D eigenvalue weighted by atomic mass is 32.1. The van der Waals surface area contributed by atoms with Gasteiger partial charge in [-0.05, 0) is 0 Å². The maximum Gasteiger partial charge on any atom is 0.197 e. The van der Waals surface area contributed by atoms with Gasteiger partial charge in [0.25, 0.3) is 0 Å². The summed E-state index contributed by atoms with van der Waals surface area (Å²) in [5.41, 5.74) is 5.36. The molecule has 0 saturated carbocycles. The van der Waals surface area contributed by atoms with E-state index >= 15 is 0 Å². The van der Waals surface area contributed by atoms with Crippen molar-refractivity contribution in [1.29, 1.82) is 0 Å². The van der Waals surface area contributed by atoms with Gasteiger partial charge in [0.1, 0.15) is 10.3 Å². The van der Waals surface area contributed by atoms with Crippen LogP contribution >= 0.6 is 21.5 Å². The zero-order chi connectivity index (χ0) is 8.43. The van der Waals surface area contributed by atoms with Crippen LogP contribution < -0.4 is 5.73 Å². The van der Waals surface area contributed by atoms with Gasteiger partial charge in [0, 0.05) is 0 Å². The maximum absolute atomic E-state index is 10.8. The predicted molar refractivity (Wildman–Crippen MR) is 47.9 cm³/mol. The number of carbonyl (C=O) groups excluding carboxylic acids is 1. The molecule has 0 aromatic carbocycles. The van der Waals surface area contributed by atoms with Gasteiger partial charge < -0.3 is 10.7 Å². The van der Waals surface area contributed by atoms with Crippen molar-refractivity contribution in [3.63, 3.8) is 0 Å². The molecule has 0 spiro atoms. The van der Waals surface area contributed by atoms with Crippen molar-refractivity contribution >= 4 is 32.8 Å². The first kappa shape index (κ1) is 8.30. The van der Waals surface area contributed by atoms with Crippen LogP contribution in [-0.2, 0) is 0 Å². The molecule has 1 rings (SSSR count). The Bertz CT molecular complexity index is 348. The summed E-state index contributed by atoms with van der Waals surface area (Å²) in [7, 11) is 1.99. The van der Waals surface area contributed by atoms with E-state index < -0.39 is 0 Å². The Morgan fingerprint density at radius 1 is 1.82 bits per heavy atom. The fraction of sp³-hybridized carbons (Fsp3) is 0. The fourth-order valence-corrected chi connectivity index (χ4v) is 0.975. The van der Waals surface area contributed by atoms with Gasteiger partial charge in [-0.15, -0.1) is 0 Å². The molecular formula is C5H6N3OPS. The molecule has 0 aliphatic carbocycles. The molecule has 1 heterocycles. The minimum absolute atomic E-state index is 0.165. The van der Waals surface area contributed by atoms with E-state index in [-0.39, 0.29) is 17.0 Å². The first-order valence-electron chi connectivity index (χ1n) is 2.76. The van der Waals surface area contributed by atoms with Gasteiger partial charge in [0.15, 0.2) is 11.3 Å². The molecule has 0 fully saturated rings. The molecule has 58 valence electrons. The van der Waals surface area contributed by atoms with Crippen LogP contribution in [0.25, 0.3) is 0 Å². The summed E-state index contributed by atoms with van der Waals surface area (Å²) >= 11 is 4.74. The third-order valence-electron chi connectivity index (χ3n) is 1.07. The number of anilines is 1. The molecule has 3 N–H and O–H groups in total. The molecule has 0 bridgehead atoms. The number of aromatic nitrogens is 2. The van der Waals surface area contributed by atoms with Crippen LogP contribution in [0.1, 0.15) is 10.5 Å². The number of carbonyl (C=O) groups is 1. The van der Waals surface area contributed by atoms with Crippen molar-refractivity contribution in [2.24, 2.45) is 0 Å². The molecule has 6 heteroatoms. The number of nitrogens with zero attached hydrogens (tertiary/aromatic N) is 1. The van der Waals surface area contributed by atoms with Gasteiger partial charge in [0.05, 0.1) is 6.20 Å². The number of nitrogen functional groups attached to an aromatic ring is 1. The normalized spacial score (nSPS) is 9.55. The summed E-state index contributed by atoms with van der Waals surface area (Å²) in [6.45, 7) is 0. The van der Waals surface area contributed by atoms with Crippen molar-refractivity contribution in [2.45, 2.75) is 0 Å². The van der Waals surface area contributed by atoms with E-state index in [1.165, 1.54) is 6.20 Å². The number of nitrogens with two attached hydrogens (primary N) is 1. The van der Waals surface area contributed by atoms with Crippen molar-refractivity contribution in [1.82, 2.24) is 9.97 Å². The minimum atomic E-state index is -0.248. The van der Waals surface area contributed by atoms with Crippen LogP contribution in [0.15, 0.2) is 6.20 Å². The topological polar surface area (TPSA) is 71.8 Å². The predicted octanol–water partition coefficient (Wildman–Crippen LogP) is 0.737. The molecular weight excluding hydrogens is 181 g/mol. The molecule has 1 aromatic rings. The van der Waals surface area contributed by atoms with E-state index in [4.69, 9.17) is 18.0 Å².